The molecule has 0 amide bonds. The first-order chi connectivity index (χ1) is 11.7. The van der Waals surface area contributed by atoms with Gasteiger partial charge >= 0.3 is 5.97 Å². The predicted molar refractivity (Wildman–Crippen MR) is 96.3 cm³/mol. The molecule has 0 saturated carbocycles. The minimum Gasteiger partial charge on any atom is -0.478 e. The second-order valence-electron chi connectivity index (χ2n) is 5.94. The third-order valence-electron chi connectivity index (χ3n) is 3.74. The van der Waals surface area contributed by atoms with Crippen LogP contribution >= 0.6 is 0 Å². The molecule has 134 valence electrons. The summed E-state index contributed by atoms with van der Waals surface area (Å²) in [6.45, 7) is 5.96. The SMILES string of the molecule is C=CC(=O)O.CCCCCCCCCc1ccc(OC2CO2)cc1. The lowest BCUT2D eigenvalue weighted by molar-refractivity contribution is -0.131. The fraction of sp³-hybridized carbons (Fsp3) is 0.550. The lowest BCUT2D eigenvalue weighted by Gasteiger charge is -2.05. The van der Waals surface area contributed by atoms with Gasteiger partial charge in [0.05, 0.1) is 0 Å². The molecule has 1 aromatic carbocycles. The third-order valence-corrected chi connectivity index (χ3v) is 3.74. The van der Waals surface area contributed by atoms with E-state index in [4.69, 9.17) is 14.6 Å². The topological polar surface area (TPSA) is 59.1 Å². The standard InChI is InChI=1S/C17H26O2.C3H4O2/c1-2-3-4-5-6-7-8-9-15-10-12-16(13-11-15)19-17-14-18-17;1-2-3(4)5/h10-13,17H,2-9,14H2,1H3;2H,1H2,(H,4,5). The average Bonchev–Trinajstić information content (AvgIpc) is 3.40. The van der Waals surface area contributed by atoms with Gasteiger partial charge in [-0.1, -0.05) is 64.2 Å². The summed E-state index contributed by atoms with van der Waals surface area (Å²) in [7, 11) is 0. The zero-order chi connectivity index (χ0) is 17.6. The van der Waals surface area contributed by atoms with Gasteiger partial charge in [0.25, 0.3) is 0 Å². The van der Waals surface area contributed by atoms with Gasteiger partial charge in [0.1, 0.15) is 12.4 Å². The average molecular weight is 334 g/mol. The predicted octanol–water partition coefficient (Wildman–Crippen LogP) is 4.97. The number of carboxylic acids is 1. The van der Waals surface area contributed by atoms with Gasteiger partial charge in [-0.25, -0.2) is 4.79 Å². The first-order valence-electron chi connectivity index (χ1n) is 8.88. The van der Waals surface area contributed by atoms with Gasteiger partial charge in [-0.3, -0.25) is 0 Å². The Hall–Kier alpha value is -1.81. The van der Waals surface area contributed by atoms with Gasteiger partial charge in [-0.2, -0.15) is 0 Å². The van der Waals surface area contributed by atoms with Crippen molar-refractivity contribution in [3.8, 4) is 5.75 Å². The Balaban J connectivity index is 0.000000505. The Labute approximate surface area is 145 Å². The summed E-state index contributed by atoms with van der Waals surface area (Å²) in [6.07, 6.45) is 11.6. The van der Waals surface area contributed by atoms with E-state index in [1.54, 1.807) is 0 Å². The van der Waals surface area contributed by atoms with Crippen LogP contribution in [0.15, 0.2) is 36.9 Å². The fourth-order valence-corrected chi connectivity index (χ4v) is 2.28. The summed E-state index contributed by atoms with van der Waals surface area (Å²) >= 11 is 0. The molecule has 4 nitrogen and oxygen atoms in total. The van der Waals surface area contributed by atoms with Gasteiger partial charge in [0.2, 0.25) is 6.29 Å². The number of benzene rings is 1. The number of carboxylic acid groups (broad SMARTS) is 1. The number of aryl methyl sites for hydroxylation is 1. The minimum absolute atomic E-state index is 0.00831. The molecule has 1 atom stereocenters. The van der Waals surface area contributed by atoms with E-state index in [2.05, 4.69) is 37.8 Å². The van der Waals surface area contributed by atoms with Crippen LogP contribution in [-0.2, 0) is 16.0 Å². The largest absolute Gasteiger partial charge is 0.478 e. The molecule has 1 aliphatic rings. The van der Waals surface area contributed by atoms with Crippen molar-refractivity contribution in [3.05, 3.63) is 42.5 Å². The molecule has 1 saturated heterocycles. The van der Waals surface area contributed by atoms with E-state index >= 15 is 0 Å². The van der Waals surface area contributed by atoms with Crippen molar-refractivity contribution < 1.29 is 19.4 Å². The molecule has 1 N–H and O–H groups in total. The normalized spacial score (nSPS) is 15.1. The molecule has 0 bridgehead atoms. The van der Waals surface area contributed by atoms with Crippen LogP contribution in [-0.4, -0.2) is 24.0 Å². The van der Waals surface area contributed by atoms with Crippen molar-refractivity contribution in [1.82, 2.24) is 0 Å². The van der Waals surface area contributed by atoms with Gasteiger partial charge in [0.15, 0.2) is 0 Å². The number of carbonyl (C=O) groups is 1. The van der Waals surface area contributed by atoms with E-state index in [0.717, 1.165) is 18.4 Å². The Morgan fingerprint density at radius 2 is 1.75 bits per heavy atom. The second kappa shape index (κ2) is 12.6. The van der Waals surface area contributed by atoms with Crippen molar-refractivity contribution in [2.75, 3.05) is 6.61 Å². The van der Waals surface area contributed by atoms with Crippen LogP contribution < -0.4 is 4.74 Å². The van der Waals surface area contributed by atoms with Crippen molar-refractivity contribution in [2.45, 2.75) is 64.6 Å². The van der Waals surface area contributed by atoms with E-state index in [1.165, 1.54) is 56.9 Å². The Morgan fingerprint density at radius 3 is 2.25 bits per heavy atom. The van der Waals surface area contributed by atoms with Crippen molar-refractivity contribution in [3.63, 3.8) is 0 Å². The molecule has 1 aromatic rings. The Kier molecular flexibility index (Phi) is 10.6. The summed E-state index contributed by atoms with van der Waals surface area (Å²) in [5, 5.41) is 7.60. The molecule has 4 heteroatoms. The molecule has 0 aliphatic carbocycles. The van der Waals surface area contributed by atoms with Crippen LogP contribution in [0.2, 0.25) is 0 Å². The summed E-state index contributed by atoms with van der Waals surface area (Å²) in [6, 6.07) is 8.46. The number of hydrogen-bond acceptors (Lipinski definition) is 3. The summed E-state index contributed by atoms with van der Waals surface area (Å²) in [5.41, 5.74) is 1.41. The molecule has 1 heterocycles. The molecule has 0 radical (unpaired) electrons. The van der Waals surface area contributed by atoms with E-state index < -0.39 is 5.97 Å². The monoisotopic (exact) mass is 334 g/mol. The molecule has 1 fully saturated rings. The quantitative estimate of drug-likeness (QED) is 0.352. The summed E-state index contributed by atoms with van der Waals surface area (Å²) < 4.78 is 10.6. The van der Waals surface area contributed by atoms with Crippen LogP contribution in [0.5, 0.6) is 5.75 Å². The lowest BCUT2D eigenvalue weighted by Crippen LogP contribution is -1.97. The number of ether oxygens (including phenoxy) is 2. The first-order valence-corrected chi connectivity index (χ1v) is 8.88. The highest BCUT2D eigenvalue weighted by Gasteiger charge is 2.24. The van der Waals surface area contributed by atoms with Crippen LogP contribution in [0.3, 0.4) is 0 Å². The first kappa shape index (κ1) is 20.2. The Bertz CT molecular complexity index is 463. The van der Waals surface area contributed by atoms with Crippen molar-refractivity contribution >= 4 is 5.97 Å². The zero-order valence-corrected chi connectivity index (χ0v) is 14.7. The lowest BCUT2D eigenvalue weighted by atomic mass is 10.0. The third kappa shape index (κ3) is 10.8. The molecule has 0 aromatic heterocycles. The second-order valence-corrected chi connectivity index (χ2v) is 5.94. The van der Waals surface area contributed by atoms with Gasteiger partial charge in [-0.15, -0.1) is 0 Å². The number of unbranched alkanes of at least 4 members (excludes halogenated alkanes) is 6. The molecular weight excluding hydrogens is 304 g/mol. The van der Waals surface area contributed by atoms with Crippen molar-refractivity contribution in [1.29, 1.82) is 0 Å². The maximum atomic E-state index is 9.25. The van der Waals surface area contributed by atoms with Crippen LogP contribution in [0.25, 0.3) is 0 Å². The molecule has 1 unspecified atom stereocenters. The number of epoxide rings is 1. The van der Waals surface area contributed by atoms with Crippen LogP contribution in [0.1, 0.15) is 57.4 Å². The van der Waals surface area contributed by atoms with Gasteiger partial charge in [0, 0.05) is 6.08 Å². The van der Waals surface area contributed by atoms with Crippen LogP contribution in [0.4, 0.5) is 0 Å². The highest BCUT2D eigenvalue weighted by Crippen LogP contribution is 2.20. The van der Waals surface area contributed by atoms with Gasteiger partial charge in [-0.05, 0) is 30.5 Å². The smallest absolute Gasteiger partial charge is 0.327 e. The minimum atomic E-state index is -0.981. The number of rotatable bonds is 11. The van der Waals surface area contributed by atoms with E-state index in [1.807, 2.05) is 0 Å². The van der Waals surface area contributed by atoms with Crippen LogP contribution in [0, 0.1) is 0 Å². The van der Waals surface area contributed by atoms with E-state index in [-0.39, 0.29) is 6.29 Å². The Morgan fingerprint density at radius 1 is 1.21 bits per heavy atom. The number of hydrogen-bond donors (Lipinski definition) is 1. The summed E-state index contributed by atoms with van der Waals surface area (Å²) in [4.78, 5) is 9.25. The summed E-state index contributed by atoms with van der Waals surface area (Å²) in [5.74, 6) is -0.0594. The molecular formula is C20H30O4. The maximum Gasteiger partial charge on any atom is 0.327 e. The van der Waals surface area contributed by atoms with E-state index in [0.29, 0.717) is 0 Å². The maximum absolute atomic E-state index is 9.25. The fourth-order valence-electron chi connectivity index (χ4n) is 2.28. The molecule has 24 heavy (non-hydrogen) atoms. The molecule has 1 aliphatic heterocycles. The zero-order valence-electron chi connectivity index (χ0n) is 14.7. The van der Waals surface area contributed by atoms with Crippen molar-refractivity contribution in [2.24, 2.45) is 0 Å². The molecule has 2 rings (SSSR count). The van der Waals surface area contributed by atoms with Gasteiger partial charge < -0.3 is 14.6 Å². The van der Waals surface area contributed by atoms with E-state index in [9.17, 15) is 4.79 Å². The highest BCUT2D eigenvalue weighted by atomic mass is 16.8. The highest BCUT2D eigenvalue weighted by molar-refractivity contribution is 5.78. The number of aliphatic carboxylic acids is 1. The molecule has 0 spiro atoms.